The number of ether oxygens (including phenoxy) is 1. The van der Waals surface area contributed by atoms with Crippen molar-refractivity contribution in [2.24, 2.45) is 17.3 Å². The number of aliphatic carboxylic acids is 1. The van der Waals surface area contributed by atoms with E-state index in [9.17, 15) is 14.7 Å². The molecule has 1 aliphatic carbocycles. The molecule has 1 aliphatic rings. The standard InChI is InChI=1S/C14H24O4/c1-9-6-7-14(11(15)16,8-10(9)2)12(17)18-13(3,4)5/h9-10H,6-8H2,1-5H3,(H,15,16). The van der Waals surface area contributed by atoms with Crippen LogP contribution in [0.5, 0.6) is 0 Å². The minimum atomic E-state index is -1.35. The summed E-state index contributed by atoms with van der Waals surface area (Å²) in [6, 6.07) is 0. The van der Waals surface area contributed by atoms with Crippen LogP contribution in [-0.2, 0) is 14.3 Å². The number of hydrogen-bond donors (Lipinski definition) is 1. The van der Waals surface area contributed by atoms with Crippen molar-refractivity contribution >= 4 is 11.9 Å². The molecule has 0 spiro atoms. The molecule has 1 N–H and O–H groups in total. The molecule has 0 saturated heterocycles. The number of hydrogen-bond acceptors (Lipinski definition) is 3. The predicted molar refractivity (Wildman–Crippen MR) is 68.1 cm³/mol. The minimum Gasteiger partial charge on any atom is -0.480 e. The first-order chi connectivity index (χ1) is 8.08. The lowest BCUT2D eigenvalue weighted by Crippen LogP contribution is -2.47. The third-order valence-corrected chi connectivity index (χ3v) is 3.87. The molecule has 0 aromatic rings. The zero-order chi connectivity index (χ0) is 14.1. The van der Waals surface area contributed by atoms with Crippen molar-refractivity contribution < 1.29 is 19.4 Å². The molecule has 0 amide bonds. The third-order valence-electron chi connectivity index (χ3n) is 3.87. The number of carbonyl (C=O) groups excluding carboxylic acids is 1. The van der Waals surface area contributed by atoms with E-state index >= 15 is 0 Å². The summed E-state index contributed by atoms with van der Waals surface area (Å²) >= 11 is 0. The SMILES string of the molecule is CC1CCC(C(=O)O)(C(=O)OC(C)(C)C)CC1C. The number of rotatable bonds is 2. The van der Waals surface area contributed by atoms with E-state index in [1.807, 2.05) is 6.92 Å². The second-order valence-electron chi connectivity index (χ2n) is 6.59. The highest BCUT2D eigenvalue weighted by Gasteiger charge is 2.52. The molecular weight excluding hydrogens is 232 g/mol. The fourth-order valence-corrected chi connectivity index (χ4v) is 2.45. The summed E-state index contributed by atoms with van der Waals surface area (Å²) in [5.74, 6) is -0.945. The van der Waals surface area contributed by atoms with Gasteiger partial charge in [-0.3, -0.25) is 9.59 Å². The molecule has 1 rings (SSSR count). The fraction of sp³-hybridized carbons (Fsp3) is 0.857. The average Bonchev–Trinajstić information content (AvgIpc) is 2.19. The van der Waals surface area contributed by atoms with Gasteiger partial charge in [-0.1, -0.05) is 13.8 Å². The molecule has 0 heterocycles. The van der Waals surface area contributed by atoms with Crippen LogP contribution in [0.3, 0.4) is 0 Å². The smallest absolute Gasteiger partial charge is 0.324 e. The first-order valence-corrected chi connectivity index (χ1v) is 6.55. The van der Waals surface area contributed by atoms with Gasteiger partial charge in [0, 0.05) is 0 Å². The second-order valence-corrected chi connectivity index (χ2v) is 6.59. The van der Waals surface area contributed by atoms with E-state index in [4.69, 9.17) is 4.74 Å². The van der Waals surface area contributed by atoms with Crippen LogP contribution < -0.4 is 0 Å². The van der Waals surface area contributed by atoms with Crippen molar-refractivity contribution in [2.45, 2.75) is 59.5 Å². The van der Waals surface area contributed by atoms with Gasteiger partial charge in [0.2, 0.25) is 0 Å². The largest absolute Gasteiger partial charge is 0.480 e. The average molecular weight is 256 g/mol. The molecule has 3 atom stereocenters. The molecule has 104 valence electrons. The Hall–Kier alpha value is -1.06. The zero-order valence-electron chi connectivity index (χ0n) is 11.9. The Labute approximate surface area is 109 Å². The van der Waals surface area contributed by atoms with Crippen molar-refractivity contribution in [1.82, 2.24) is 0 Å². The summed E-state index contributed by atoms with van der Waals surface area (Å²) in [6.45, 7) is 9.39. The first kappa shape index (κ1) is 15.0. The summed E-state index contributed by atoms with van der Waals surface area (Å²) in [5.41, 5.74) is -1.99. The van der Waals surface area contributed by atoms with Crippen LogP contribution in [0.15, 0.2) is 0 Å². The highest BCUT2D eigenvalue weighted by Crippen LogP contribution is 2.44. The van der Waals surface area contributed by atoms with E-state index in [0.717, 1.165) is 6.42 Å². The van der Waals surface area contributed by atoms with Gasteiger partial charge in [0.15, 0.2) is 5.41 Å². The van der Waals surface area contributed by atoms with Crippen molar-refractivity contribution in [3.8, 4) is 0 Å². The van der Waals surface area contributed by atoms with Crippen molar-refractivity contribution in [1.29, 1.82) is 0 Å². The molecule has 1 fully saturated rings. The highest BCUT2D eigenvalue weighted by atomic mass is 16.6. The van der Waals surface area contributed by atoms with Crippen LogP contribution in [-0.4, -0.2) is 22.6 Å². The molecule has 1 saturated carbocycles. The van der Waals surface area contributed by atoms with Gasteiger partial charge in [0.25, 0.3) is 0 Å². The Morgan fingerprint density at radius 3 is 2.17 bits per heavy atom. The van der Waals surface area contributed by atoms with Gasteiger partial charge < -0.3 is 9.84 Å². The van der Waals surface area contributed by atoms with Crippen LogP contribution in [0.25, 0.3) is 0 Å². The van der Waals surface area contributed by atoms with E-state index in [2.05, 4.69) is 6.92 Å². The lowest BCUT2D eigenvalue weighted by atomic mass is 9.66. The monoisotopic (exact) mass is 256 g/mol. The van der Waals surface area contributed by atoms with Crippen LogP contribution >= 0.6 is 0 Å². The lowest BCUT2D eigenvalue weighted by Gasteiger charge is -2.39. The maximum absolute atomic E-state index is 12.2. The molecule has 0 radical (unpaired) electrons. The Kier molecular flexibility index (Phi) is 4.08. The Morgan fingerprint density at radius 1 is 1.22 bits per heavy atom. The minimum absolute atomic E-state index is 0.224. The van der Waals surface area contributed by atoms with Gasteiger partial charge in [-0.2, -0.15) is 0 Å². The number of carboxylic acids is 1. The molecule has 0 aromatic heterocycles. The normalized spacial score (nSPS) is 32.9. The van der Waals surface area contributed by atoms with Crippen molar-refractivity contribution in [3.63, 3.8) is 0 Å². The van der Waals surface area contributed by atoms with E-state index in [1.54, 1.807) is 20.8 Å². The van der Waals surface area contributed by atoms with Crippen molar-refractivity contribution in [3.05, 3.63) is 0 Å². The van der Waals surface area contributed by atoms with E-state index in [-0.39, 0.29) is 5.92 Å². The van der Waals surface area contributed by atoms with Crippen LogP contribution in [0, 0.1) is 17.3 Å². The van der Waals surface area contributed by atoms with E-state index in [1.165, 1.54) is 0 Å². The Morgan fingerprint density at radius 2 is 1.78 bits per heavy atom. The van der Waals surface area contributed by atoms with Crippen LogP contribution in [0.1, 0.15) is 53.9 Å². The molecule has 0 aromatic carbocycles. The summed E-state index contributed by atoms with van der Waals surface area (Å²) in [4.78, 5) is 23.8. The number of carbonyl (C=O) groups is 2. The lowest BCUT2D eigenvalue weighted by molar-refractivity contribution is -0.181. The Balaban J connectivity index is 2.95. The fourth-order valence-electron chi connectivity index (χ4n) is 2.45. The highest BCUT2D eigenvalue weighted by molar-refractivity contribution is 5.99. The quantitative estimate of drug-likeness (QED) is 0.609. The van der Waals surface area contributed by atoms with E-state index in [0.29, 0.717) is 18.8 Å². The third kappa shape index (κ3) is 3.03. The van der Waals surface area contributed by atoms with Gasteiger partial charge in [-0.05, 0) is 51.9 Å². The Bertz CT molecular complexity index is 342. The summed E-state index contributed by atoms with van der Waals surface area (Å²) in [6.07, 6.45) is 1.51. The summed E-state index contributed by atoms with van der Waals surface area (Å²) < 4.78 is 5.31. The molecule has 3 unspecified atom stereocenters. The number of carboxylic acid groups (broad SMARTS) is 1. The maximum atomic E-state index is 12.2. The van der Waals surface area contributed by atoms with Gasteiger partial charge in [0.05, 0.1) is 0 Å². The van der Waals surface area contributed by atoms with Gasteiger partial charge >= 0.3 is 11.9 Å². The summed E-state index contributed by atoms with van der Waals surface area (Å²) in [7, 11) is 0. The van der Waals surface area contributed by atoms with Gasteiger partial charge in [-0.25, -0.2) is 0 Å². The summed E-state index contributed by atoms with van der Waals surface area (Å²) in [5, 5.41) is 9.46. The first-order valence-electron chi connectivity index (χ1n) is 6.55. The predicted octanol–water partition coefficient (Wildman–Crippen LogP) is 2.86. The topological polar surface area (TPSA) is 63.6 Å². The molecule has 18 heavy (non-hydrogen) atoms. The van der Waals surface area contributed by atoms with Crippen LogP contribution in [0.2, 0.25) is 0 Å². The molecule has 0 aliphatic heterocycles. The molecule has 4 heteroatoms. The molecule has 4 nitrogen and oxygen atoms in total. The molecule has 0 bridgehead atoms. The zero-order valence-corrected chi connectivity index (χ0v) is 11.9. The van der Waals surface area contributed by atoms with Crippen LogP contribution in [0.4, 0.5) is 0 Å². The van der Waals surface area contributed by atoms with Gasteiger partial charge in [0.1, 0.15) is 5.60 Å². The second kappa shape index (κ2) is 4.90. The van der Waals surface area contributed by atoms with Gasteiger partial charge in [-0.15, -0.1) is 0 Å². The molecular formula is C14H24O4. The van der Waals surface area contributed by atoms with E-state index < -0.39 is 23.0 Å². The maximum Gasteiger partial charge on any atom is 0.324 e. The number of esters is 1. The van der Waals surface area contributed by atoms with Crippen molar-refractivity contribution in [2.75, 3.05) is 0 Å².